The van der Waals surface area contributed by atoms with E-state index >= 15 is 0 Å². The summed E-state index contributed by atoms with van der Waals surface area (Å²) in [5, 5.41) is 3.38. The lowest BCUT2D eigenvalue weighted by Crippen LogP contribution is -2.29. The molecule has 0 saturated heterocycles. The van der Waals surface area contributed by atoms with E-state index in [9.17, 15) is 0 Å². The van der Waals surface area contributed by atoms with E-state index in [1.54, 1.807) is 11.3 Å². The smallest absolute Gasteiger partial charge is 0.0797 e. The summed E-state index contributed by atoms with van der Waals surface area (Å²) >= 11 is 1.72. The molecule has 1 unspecified atom stereocenters. The number of terminal acetylenes is 1. The molecule has 0 aliphatic carbocycles. The number of hydrogen-bond acceptors (Lipinski definition) is 3. The third-order valence-electron chi connectivity index (χ3n) is 2.37. The van der Waals surface area contributed by atoms with Crippen LogP contribution in [0.25, 0.3) is 0 Å². The maximum atomic E-state index is 5.43. The predicted octanol–water partition coefficient (Wildman–Crippen LogP) is 2.39. The first-order valence-corrected chi connectivity index (χ1v) is 6.24. The molecule has 0 fully saturated rings. The Morgan fingerprint density at radius 1 is 1.67 bits per heavy atom. The highest BCUT2D eigenvalue weighted by molar-refractivity contribution is 7.09. The third-order valence-corrected chi connectivity index (χ3v) is 3.36. The summed E-state index contributed by atoms with van der Waals surface area (Å²) in [6.45, 7) is 5.15. The Labute approximate surface area is 96.1 Å². The predicted molar refractivity (Wildman–Crippen MR) is 66.1 cm³/mol. The van der Waals surface area contributed by atoms with Crippen molar-refractivity contribution in [1.29, 1.82) is 0 Å². The van der Waals surface area contributed by atoms with Crippen LogP contribution in [-0.4, -0.2) is 17.6 Å². The fourth-order valence-corrected chi connectivity index (χ4v) is 2.24. The van der Waals surface area contributed by atoms with Crippen LogP contribution < -0.4 is 5.32 Å². The van der Waals surface area contributed by atoms with Crippen molar-refractivity contribution in [3.05, 3.63) is 16.1 Å². The average Bonchev–Trinajstić information content (AvgIpc) is 2.63. The zero-order valence-corrected chi connectivity index (χ0v) is 10.2. The lowest BCUT2D eigenvalue weighted by molar-refractivity contribution is 0.566. The van der Waals surface area contributed by atoms with Gasteiger partial charge in [0.15, 0.2) is 0 Å². The largest absolute Gasteiger partial charge is 0.303 e. The van der Waals surface area contributed by atoms with Crippen LogP contribution >= 0.6 is 11.3 Å². The average molecular weight is 222 g/mol. The molecule has 0 spiro atoms. The van der Waals surface area contributed by atoms with E-state index in [1.807, 2.05) is 5.51 Å². The lowest BCUT2D eigenvalue weighted by Gasteiger charge is -2.11. The van der Waals surface area contributed by atoms with Crippen molar-refractivity contribution >= 4 is 11.3 Å². The van der Waals surface area contributed by atoms with Gasteiger partial charge in [-0.1, -0.05) is 19.3 Å². The minimum Gasteiger partial charge on any atom is -0.303 e. The zero-order chi connectivity index (χ0) is 11.1. The van der Waals surface area contributed by atoms with Crippen molar-refractivity contribution in [2.24, 2.45) is 0 Å². The van der Waals surface area contributed by atoms with E-state index < -0.39 is 0 Å². The van der Waals surface area contributed by atoms with Crippen LogP contribution in [0.1, 0.15) is 30.3 Å². The van der Waals surface area contributed by atoms with Crippen molar-refractivity contribution < 1.29 is 0 Å². The molecule has 0 amide bonds. The summed E-state index contributed by atoms with van der Waals surface area (Å²) in [6, 6.07) is 0.225. The summed E-state index contributed by atoms with van der Waals surface area (Å²) in [7, 11) is 0. The van der Waals surface area contributed by atoms with Gasteiger partial charge in [0.1, 0.15) is 0 Å². The van der Waals surface area contributed by atoms with E-state index in [2.05, 4.69) is 30.1 Å². The second kappa shape index (κ2) is 6.60. The standard InChI is InChI=1S/C12H18N2S/c1-4-6-11(5-2)13-8-7-12-10(3)14-9-15-12/h2,9,11,13H,4,6-8H2,1,3H3. The normalized spacial score (nSPS) is 12.3. The maximum Gasteiger partial charge on any atom is 0.0797 e. The monoisotopic (exact) mass is 222 g/mol. The molecule has 1 N–H and O–H groups in total. The second-order valence-electron chi connectivity index (χ2n) is 3.57. The molecule has 82 valence electrons. The van der Waals surface area contributed by atoms with Crippen LogP contribution in [0.2, 0.25) is 0 Å². The van der Waals surface area contributed by atoms with Crippen molar-refractivity contribution in [1.82, 2.24) is 10.3 Å². The molecular formula is C12H18N2S. The summed E-state index contributed by atoms with van der Waals surface area (Å²) in [6.07, 6.45) is 8.63. The molecule has 15 heavy (non-hydrogen) atoms. The fourth-order valence-electron chi connectivity index (χ4n) is 1.46. The molecule has 1 aromatic heterocycles. The van der Waals surface area contributed by atoms with Crippen molar-refractivity contribution in [2.75, 3.05) is 6.54 Å². The number of aryl methyl sites for hydroxylation is 1. The molecule has 0 bridgehead atoms. The highest BCUT2D eigenvalue weighted by atomic mass is 32.1. The first-order valence-electron chi connectivity index (χ1n) is 5.36. The van der Waals surface area contributed by atoms with Gasteiger partial charge in [0, 0.05) is 11.4 Å². The Morgan fingerprint density at radius 3 is 3.00 bits per heavy atom. The van der Waals surface area contributed by atoms with Crippen LogP contribution in [0.3, 0.4) is 0 Å². The highest BCUT2D eigenvalue weighted by Gasteiger charge is 2.04. The van der Waals surface area contributed by atoms with Gasteiger partial charge in [-0.2, -0.15) is 0 Å². The van der Waals surface area contributed by atoms with Gasteiger partial charge in [-0.05, 0) is 19.8 Å². The SMILES string of the molecule is C#CC(CCC)NCCc1scnc1C. The van der Waals surface area contributed by atoms with E-state index in [4.69, 9.17) is 6.42 Å². The number of thiazole rings is 1. The van der Waals surface area contributed by atoms with Crippen molar-refractivity contribution in [2.45, 2.75) is 39.2 Å². The topological polar surface area (TPSA) is 24.9 Å². The van der Waals surface area contributed by atoms with Crippen LogP contribution in [0.15, 0.2) is 5.51 Å². The highest BCUT2D eigenvalue weighted by Crippen LogP contribution is 2.12. The number of nitrogens with zero attached hydrogens (tertiary/aromatic N) is 1. The van der Waals surface area contributed by atoms with Crippen LogP contribution in [0.4, 0.5) is 0 Å². The first kappa shape index (κ1) is 12.2. The molecule has 0 aromatic carbocycles. The first-order chi connectivity index (χ1) is 7.27. The summed E-state index contributed by atoms with van der Waals surface area (Å²) in [5.74, 6) is 2.77. The molecule has 0 aliphatic rings. The molecule has 1 aromatic rings. The number of aromatic nitrogens is 1. The second-order valence-corrected chi connectivity index (χ2v) is 4.51. The van der Waals surface area contributed by atoms with Crippen molar-refractivity contribution in [3.8, 4) is 12.3 Å². The molecular weight excluding hydrogens is 204 g/mol. The molecule has 0 aliphatic heterocycles. The Kier molecular flexibility index (Phi) is 5.38. The van der Waals surface area contributed by atoms with Gasteiger partial charge in [0.25, 0.3) is 0 Å². The molecule has 1 rings (SSSR count). The molecule has 0 radical (unpaired) electrons. The summed E-state index contributed by atoms with van der Waals surface area (Å²) in [4.78, 5) is 5.58. The molecule has 1 atom stereocenters. The molecule has 3 heteroatoms. The minimum atomic E-state index is 0.225. The fraction of sp³-hybridized carbons (Fsp3) is 0.583. The molecule has 2 nitrogen and oxygen atoms in total. The van der Waals surface area contributed by atoms with E-state index in [0.717, 1.165) is 31.5 Å². The third kappa shape index (κ3) is 4.03. The Bertz CT molecular complexity index is 325. The van der Waals surface area contributed by atoms with Gasteiger partial charge in [0.2, 0.25) is 0 Å². The number of rotatable bonds is 6. The van der Waals surface area contributed by atoms with Gasteiger partial charge in [0.05, 0.1) is 17.2 Å². The van der Waals surface area contributed by atoms with Gasteiger partial charge >= 0.3 is 0 Å². The van der Waals surface area contributed by atoms with Crippen LogP contribution in [-0.2, 0) is 6.42 Å². The van der Waals surface area contributed by atoms with Gasteiger partial charge in [-0.3, -0.25) is 0 Å². The Morgan fingerprint density at radius 2 is 2.47 bits per heavy atom. The minimum absolute atomic E-state index is 0.225. The van der Waals surface area contributed by atoms with E-state index in [-0.39, 0.29) is 6.04 Å². The van der Waals surface area contributed by atoms with E-state index in [1.165, 1.54) is 4.88 Å². The summed E-state index contributed by atoms with van der Waals surface area (Å²) < 4.78 is 0. The van der Waals surface area contributed by atoms with Gasteiger partial charge in [-0.25, -0.2) is 4.98 Å². The maximum absolute atomic E-state index is 5.43. The van der Waals surface area contributed by atoms with Crippen LogP contribution in [0.5, 0.6) is 0 Å². The van der Waals surface area contributed by atoms with Crippen molar-refractivity contribution in [3.63, 3.8) is 0 Å². The Hall–Kier alpha value is -0.850. The van der Waals surface area contributed by atoms with Gasteiger partial charge in [-0.15, -0.1) is 17.8 Å². The number of hydrogen-bond donors (Lipinski definition) is 1. The Balaban J connectivity index is 2.27. The lowest BCUT2D eigenvalue weighted by atomic mass is 10.2. The zero-order valence-electron chi connectivity index (χ0n) is 9.42. The summed E-state index contributed by atoms with van der Waals surface area (Å²) in [5.41, 5.74) is 3.05. The quantitative estimate of drug-likeness (QED) is 0.748. The van der Waals surface area contributed by atoms with Gasteiger partial charge < -0.3 is 5.32 Å². The van der Waals surface area contributed by atoms with E-state index in [0.29, 0.717) is 0 Å². The van der Waals surface area contributed by atoms with Crippen LogP contribution in [0, 0.1) is 19.3 Å². The number of nitrogens with one attached hydrogen (secondary N) is 1. The molecule has 0 saturated carbocycles. The molecule has 1 heterocycles.